The maximum atomic E-state index is 11.5. The number of thiophene rings is 1. The van der Waals surface area contributed by atoms with Crippen LogP contribution in [0.25, 0.3) is 0 Å². The van der Waals surface area contributed by atoms with Crippen LogP contribution >= 0.6 is 11.3 Å². The van der Waals surface area contributed by atoms with Gasteiger partial charge in [0.05, 0.1) is 11.9 Å². The first-order chi connectivity index (χ1) is 6.77. The molecule has 0 saturated heterocycles. The molecule has 6 heteroatoms. The molecular weight excluding hydrogens is 202 g/mol. The minimum absolute atomic E-state index is 0.249. The molecule has 2 rings (SSSR count). The molecule has 3 N–H and O–H groups in total. The topological polar surface area (TPSA) is 81.2 Å². The Morgan fingerprint density at radius 2 is 2.50 bits per heavy atom. The molecule has 0 fully saturated rings. The molecule has 2 aromatic heterocycles. The number of hydrogen-bond donors (Lipinski definition) is 2. The summed E-state index contributed by atoms with van der Waals surface area (Å²) in [4.78, 5) is 12.0. The minimum Gasteiger partial charge on any atom is -0.397 e. The summed E-state index contributed by atoms with van der Waals surface area (Å²) in [5.74, 6) is -0.249. The van der Waals surface area contributed by atoms with Crippen molar-refractivity contribution in [3.8, 4) is 0 Å². The molecule has 0 atom stereocenters. The van der Waals surface area contributed by atoms with Crippen molar-refractivity contribution < 1.29 is 9.32 Å². The molecule has 0 unspecified atom stereocenters. The van der Waals surface area contributed by atoms with Crippen LogP contribution in [0.15, 0.2) is 28.4 Å². The largest absolute Gasteiger partial charge is 0.397 e. The number of amides is 1. The zero-order valence-corrected chi connectivity index (χ0v) is 7.88. The number of nitrogens with two attached hydrogens (primary N) is 1. The predicted molar refractivity (Wildman–Crippen MR) is 53.2 cm³/mol. The van der Waals surface area contributed by atoms with Gasteiger partial charge in [0.2, 0.25) is 0 Å². The van der Waals surface area contributed by atoms with E-state index in [1.54, 1.807) is 11.4 Å². The Labute approximate surface area is 83.5 Å². The lowest BCUT2D eigenvalue weighted by Crippen LogP contribution is -2.11. The highest BCUT2D eigenvalue weighted by Gasteiger charge is 2.11. The molecule has 0 aliphatic carbocycles. The van der Waals surface area contributed by atoms with Gasteiger partial charge in [0.1, 0.15) is 16.8 Å². The Hall–Kier alpha value is -1.82. The molecule has 1 amide bonds. The van der Waals surface area contributed by atoms with Crippen LogP contribution in [-0.4, -0.2) is 11.1 Å². The second-order valence-corrected chi connectivity index (χ2v) is 3.49. The molecule has 5 nitrogen and oxygen atoms in total. The van der Waals surface area contributed by atoms with E-state index in [0.29, 0.717) is 16.3 Å². The number of carbonyl (C=O) groups excluding carboxylic acids is 1. The summed E-state index contributed by atoms with van der Waals surface area (Å²) in [7, 11) is 0. The van der Waals surface area contributed by atoms with E-state index in [4.69, 9.17) is 5.73 Å². The molecule has 0 saturated carbocycles. The number of carbonyl (C=O) groups is 1. The highest BCUT2D eigenvalue weighted by Crippen LogP contribution is 2.20. The zero-order valence-electron chi connectivity index (χ0n) is 7.06. The highest BCUT2D eigenvalue weighted by molar-refractivity contribution is 7.12. The van der Waals surface area contributed by atoms with Gasteiger partial charge in [-0.3, -0.25) is 4.79 Å². The second-order valence-electron chi connectivity index (χ2n) is 2.57. The number of anilines is 2. The first kappa shape index (κ1) is 8.76. The Morgan fingerprint density at radius 1 is 1.64 bits per heavy atom. The zero-order chi connectivity index (χ0) is 9.97. The molecule has 0 radical (unpaired) electrons. The monoisotopic (exact) mass is 209 g/mol. The second kappa shape index (κ2) is 3.51. The van der Waals surface area contributed by atoms with E-state index in [1.165, 1.54) is 23.8 Å². The number of nitrogens with zero attached hydrogens (tertiary/aromatic N) is 1. The van der Waals surface area contributed by atoms with Crippen LogP contribution in [0.1, 0.15) is 9.67 Å². The Bertz CT molecular complexity index is 435. The van der Waals surface area contributed by atoms with Crippen LogP contribution in [0, 0.1) is 0 Å². The van der Waals surface area contributed by atoms with Gasteiger partial charge in [-0.05, 0) is 11.4 Å². The number of aromatic nitrogens is 1. The van der Waals surface area contributed by atoms with E-state index in [9.17, 15) is 4.79 Å². The van der Waals surface area contributed by atoms with Crippen molar-refractivity contribution in [3.63, 3.8) is 0 Å². The van der Waals surface area contributed by atoms with Crippen molar-refractivity contribution in [2.24, 2.45) is 0 Å². The highest BCUT2D eigenvalue weighted by atomic mass is 32.1. The maximum Gasteiger partial charge on any atom is 0.267 e. The van der Waals surface area contributed by atoms with Gasteiger partial charge in [0.15, 0.2) is 0 Å². The quantitative estimate of drug-likeness (QED) is 0.786. The molecule has 0 bridgehead atoms. The molecule has 0 aliphatic rings. The van der Waals surface area contributed by atoms with E-state index in [1.807, 2.05) is 0 Å². The predicted octanol–water partition coefficient (Wildman–Crippen LogP) is 1.57. The molecule has 14 heavy (non-hydrogen) atoms. The van der Waals surface area contributed by atoms with Crippen molar-refractivity contribution in [2.45, 2.75) is 0 Å². The maximum absolute atomic E-state index is 11.5. The number of nitrogens with one attached hydrogen (secondary N) is 1. The molecule has 0 aliphatic heterocycles. The summed E-state index contributed by atoms with van der Waals surface area (Å²) in [6.07, 6.45) is 2.77. The smallest absolute Gasteiger partial charge is 0.267 e. The molecule has 2 heterocycles. The number of hydrogen-bond acceptors (Lipinski definition) is 5. The first-order valence-electron chi connectivity index (χ1n) is 3.81. The number of nitrogen functional groups attached to an aromatic ring is 1. The minimum atomic E-state index is -0.249. The third kappa shape index (κ3) is 1.60. The van der Waals surface area contributed by atoms with E-state index in [-0.39, 0.29) is 5.91 Å². The van der Waals surface area contributed by atoms with Gasteiger partial charge >= 0.3 is 0 Å². The Morgan fingerprint density at radius 3 is 3.07 bits per heavy atom. The fourth-order valence-corrected chi connectivity index (χ4v) is 1.67. The SMILES string of the molecule is Nc1ccsc1C(=O)Nc1cnoc1. The lowest BCUT2D eigenvalue weighted by atomic mass is 10.4. The van der Waals surface area contributed by atoms with Crippen molar-refractivity contribution >= 4 is 28.6 Å². The van der Waals surface area contributed by atoms with E-state index in [0.717, 1.165) is 0 Å². The number of rotatable bonds is 2. The van der Waals surface area contributed by atoms with Crippen LogP contribution in [0.5, 0.6) is 0 Å². The van der Waals surface area contributed by atoms with Gasteiger partial charge in [0.25, 0.3) is 5.91 Å². The van der Waals surface area contributed by atoms with Gasteiger partial charge in [-0.2, -0.15) is 0 Å². The first-order valence-corrected chi connectivity index (χ1v) is 4.69. The van der Waals surface area contributed by atoms with Crippen LogP contribution in [0.4, 0.5) is 11.4 Å². The third-order valence-corrected chi connectivity index (χ3v) is 2.52. The van der Waals surface area contributed by atoms with E-state index >= 15 is 0 Å². The van der Waals surface area contributed by atoms with Gasteiger partial charge in [-0.1, -0.05) is 5.16 Å². The summed E-state index contributed by atoms with van der Waals surface area (Å²) in [6.45, 7) is 0. The van der Waals surface area contributed by atoms with E-state index in [2.05, 4.69) is 15.0 Å². The van der Waals surface area contributed by atoms with E-state index < -0.39 is 0 Å². The fourth-order valence-electron chi connectivity index (χ4n) is 0.958. The fraction of sp³-hybridized carbons (Fsp3) is 0. The molecular formula is C8H7N3O2S. The third-order valence-electron chi connectivity index (χ3n) is 1.59. The molecule has 72 valence electrons. The van der Waals surface area contributed by atoms with Gasteiger partial charge in [0, 0.05) is 0 Å². The normalized spacial score (nSPS) is 10.0. The van der Waals surface area contributed by atoms with Crippen molar-refractivity contribution in [1.82, 2.24) is 5.16 Å². The van der Waals surface area contributed by atoms with Gasteiger partial charge in [-0.15, -0.1) is 11.3 Å². The van der Waals surface area contributed by atoms with Crippen LogP contribution in [-0.2, 0) is 0 Å². The lowest BCUT2D eigenvalue weighted by Gasteiger charge is -1.99. The standard InChI is InChI=1S/C8H7N3O2S/c9-6-1-2-14-7(6)8(12)11-5-3-10-13-4-5/h1-4H,9H2,(H,11,12). The summed E-state index contributed by atoms with van der Waals surface area (Å²) in [6, 6.07) is 1.69. The van der Waals surface area contributed by atoms with Crippen LogP contribution < -0.4 is 11.1 Å². The summed E-state index contributed by atoms with van der Waals surface area (Å²) < 4.78 is 4.57. The summed E-state index contributed by atoms with van der Waals surface area (Å²) in [5.41, 5.74) is 6.57. The molecule has 0 aromatic carbocycles. The summed E-state index contributed by atoms with van der Waals surface area (Å²) in [5, 5.41) is 7.82. The average molecular weight is 209 g/mol. The van der Waals surface area contributed by atoms with Crippen LogP contribution in [0.2, 0.25) is 0 Å². The van der Waals surface area contributed by atoms with Crippen LogP contribution in [0.3, 0.4) is 0 Å². The molecule has 0 spiro atoms. The average Bonchev–Trinajstić information content (AvgIpc) is 2.75. The molecule has 2 aromatic rings. The van der Waals surface area contributed by atoms with Crippen molar-refractivity contribution in [3.05, 3.63) is 28.8 Å². The lowest BCUT2D eigenvalue weighted by molar-refractivity contribution is 0.103. The van der Waals surface area contributed by atoms with Crippen molar-refractivity contribution in [2.75, 3.05) is 11.1 Å². The van der Waals surface area contributed by atoms with Gasteiger partial charge in [-0.25, -0.2) is 0 Å². The Kier molecular flexibility index (Phi) is 2.19. The van der Waals surface area contributed by atoms with Gasteiger partial charge < -0.3 is 15.6 Å². The van der Waals surface area contributed by atoms with Crippen molar-refractivity contribution in [1.29, 1.82) is 0 Å². The summed E-state index contributed by atoms with van der Waals surface area (Å²) >= 11 is 1.29. The Balaban J connectivity index is 2.14.